The lowest BCUT2D eigenvalue weighted by Gasteiger charge is -2.14. The molecule has 2 N–H and O–H groups in total. The molecule has 2 aromatic carbocycles. The lowest BCUT2D eigenvalue weighted by Crippen LogP contribution is -2.28. The minimum absolute atomic E-state index is 0.469. The first-order valence-electron chi connectivity index (χ1n) is 7.92. The standard InChI is InChI=1S/C18H20Cl2N2O2S/c1-3-23-16-8-5-12(9-17(16)24-4-2)11-21-18(25)22-15-7-6-13(19)10-14(15)20/h5-10H,3-4,11H2,1-2H3,(H2,21,22,25). The molecule has 4 nitrogen and oxygen atoms in total. The normalized spacial score (nSPS) is 10.2. The molecule has 0 atom stereocenters. The minimum atomic E-state index is 0.469. The maximum absolute atomic E-state index is 6.13. The molecule has 0 fully saturated rings. The fraction of sp³-hybridized carbons (Fsp3) is 0.278. The number of hydrogen-bond donors (Lipinski definition) is 2. The van der Waals surface area contributed by atoms with E-state index in [1.807, 2.05) is 32.0 Å². The largest absolute Gasteiger partial charge is 0.490 e. The molecule has 2 rings (SSSR count). The van der Waals surface area contributed by atoms with Gasteiger partial charge < -0.3 is 20.1 Å². The van der Waals surface area contributed by atoms with E-state index in [0.717, 1.165) is 17.1 Å². The van der Waals surface area contributed by atoms with E-state index in [2.05, 4.69) is 10.6 Å². The monoisotopic (exact) mass is 398 g/mol. The van der Waals surface area contributed by atoms with Gasteiger partial charge in [-0.3, -0.25) is 0 Å². The van der Waals surface area contributed by atoms with Crippen LogP contribution in [0.5, 0.6) is 11.5 Å². The molecule has 0 aromatic heterocycles. The SMILES string of the molecule is CCOc1ccc(CNC(=S)Nc2ccc(Cl)cc2Cl)cc1OCC. The number of rotatable bonds is 7. The Labute approximate surface area is 163 Å². The molecule has 0 aliphatic heterocycles. The second-order valence-corrected chi connectivity index (χ2v) is 6.33. The van der Waals surface area contributed by atoms with Crippen LogP contribution in [0.25, 0.3) is 0 Å². The molecule has 0 unspecified atom stereocenters. The predicted molar refractivity (Wildman–Crippen MR) is 108 cm³/mol. The number of anilines is 1. The van der Waals surface area contributed by atoms with E-state index in [9.17, 15) is 0 Å². The smallest absolute Gasteiger partial charge is 0.171 e. The third-order valence-electron chi connectivity index (χ3n) is 3.24. The Morgan fingerprint density at radius 1 is 1.00 bits per heavy atom. The Hall–Kier alpha value is -1.69. The summed E-state index contributed by atoms with van der Waals surface area (Å²) in [5.41, 5.74) is 1.73. The predicted octanol–water partition coefficient (Wildman–Crippen LogP) is 5.28. The highest BCUT2D eigenvalue weighted by atomic mass is 35.5. The summed E-state index contributed by atoms with van der Waals surface area (Å²) in [7, 11) is 0. The second kappa shape index (κ2) is 9.70. The van der Waals surface area contributed by atoms with Crippen LogP contribution in [0.3, 0.4) is 0 Å². The molecule has 0 aliphatic rings. The van der Waals surface area contributed by atoms with Crippen molar-refractivity contribution in [2.75, 3.05) is 18.5 Å². The second-order valence-electron chi connectivity index (χ2n) is 5.08. The Bertz CT molecular complexity index is 741. The molecule has 0 amide bonds. The van der Waals surface area contributed by atoms with Crippen molar-refractivity contribution >= 4 is 46.2 Å². The zero-order valence-electron chi connectivity index (χ0n) is 14.1. The van der Waals surface area contributed by atoms with Gasteiger partial charge in [-0.25, -0.2) is 0 Å². The highest BCUT2D eigenvalue weighted by molar-refractivity contribution is 7.80. The fourth-order valence-corrected chi connectivity index (χ4v) is 2.78. The molecule has 0 saturated heterocycles. The highest BCUT2D eigenvalue weighted by Gasteiger charge is 2.07. The molecule has 0 heterocycles. The first-order valence-corrected chi connectivity index (χ1v) is 9.08. The number of benzene rings is 2. The summed E-state index contributed by atoms with van der Waals surface area (Å²) in [6.45, 7) is 5.59. The van der Waals surface area contributed by atoms with Gasteiger partial charge >= 0.3 is 0 Å². The van der Waals surface area contributed by atoms with E-state index >= 15 is 0 Å². The number of hydrogen-bond acceptors (Lipinski definition) is 3. The van der Waals surface area contributed by atoms with Gasteiger partial charge in [0.25, 0.3) is 0 Å². The van der Waals surface area contributed by atoms with Gasteiger partial charge in [-0.2, -0.15) is 0 Å². The van der Waals surface area contributed by atoms with Crippen molar-refractivity contribution in [3.63, 3.8) is 0 Å². The lowest BCUT2D eigenvalue weighted by atomic mass is 10.2. The first kappa shape index (κ1) is 19.6. The van der Waals surface area contributed by atoms with E-state index in [4.69, 9.17) is 44.9 Å². The van der Waals surface area contributed by atoms with Gasteiger partial charge in [-0.05, 0) is 62.0 Å². The van der Waals surface area contributed by atoms with Crippen molar-refractivity contribution in [3.8, 4) is 11.5 Å². The van der Waals surface area contributed by atoms with Gasteiger partial charge in [-0.15, -0.1) is 0 Å². The molecule has 25 heavy (non-hydrogen) atoms. The van der Waals surface area contributed by atoms with E-state index in [-0.39, 0.29) is 0 Å². The molecule has 0 aliphatic carbocycles. The van der Waals surface area contributed by atoms with E-state index in [1.54, 1.807) is 18.2 Å². The summed E-state index contributed by atoms with van der Waals surface area (Å²) < 4.78 is 11.2. The van der Waals surface area contributed by atoms with Gasteiger partial charge in [0.05, 0.1) is 23.9 Å². The van der Waals surface area contributed by atoms with Crippen molar-refractivity contribution in [2.45, 2.75) is 20.4 Å². The summed E-state index contributed by atoms with van der Waals surface area (Å²) in [5.74, 6) is 1.46. The average Bonchev–Trinajstić information content (AvgIpc) is 2.58. The third kappa shape index (κ3) is 5.96. The van der Waals surface area contributed by atoms with Gasteiger partial charge in [0.2, 0.25) is 0 Å². The van der Waals surface area contributed by atoms with Gasteiger partial charge in [0.1, 0.15) is 0 Å². The Balaban J connectivity index is 1.97. The Morgan fingerprint density at radius 2 is 1.72 bits per heavy atom. The third-order valence-corrected chi connectivity index (χ3v) is 4.03. The Morgan fingerprint density at radius 3 is 2.40 bits per heavy atom. The molecule has 134 valence electrons. The average molecular weight is 399 g/mol. The quantitative estimate of drug-likeness (QED) is 0.621. The summed E-state index contributed by atoms with van der Waals surface area (Å²) in [6, 6.07) is 11.0. The van der Waals surface area contributed by atoms with Crippen LogP contribution in [-0.2, 0) is 6.54 Å². The van der Waals surface area contributed by atoms with Crippen LogP contribution in [0, 0.1) is 0 Å². The number of ether oxygens (including phenoxy) is 2. The summed E-state index contributed by atoms with van der Waals surface area (Å²) in [6.07, 6.45) is 0. The molecule has 2 aromatic rings. The van der Waals surface area contributed by atoms with Crippen molar-refractivity contribution in [3.05, 3.63) is 52.0 Å². The number of halogens is 2. The molecular weight excluding hydrogens is 379 g/mol. The van der Waals surface area contributed by atoms with Crippen LogP contribution in [0.4, 0.5) is 5.69 Å². The van der Waals surface area contributed by atoms with E-state index in [1.165, 1.54) is 0 Å². The van der Waals surface area contributed by atoms with Crippen molar-refractivity contribution < 1.29 is 9.47 Å². The lowest BCUT2D eigenvalue weighted by molar-refractivity contribution is 0.287. The zero-order valence-corrected chi connectivity index (χ0v) is 16.4. The molecule has 0 saturated carbocycles. The maximum Gasteiger partial charge on any atom is 0.171 e. The topological polar surface area (TPSA) is 42.5 Å². The molecule has 7 heteroatoms. The van der Waals surface area contributed by atoms with Crippen LogP contribution in [0.2, 0.25) is 10.0 Å². The van der Waals surface area contributed by atoms with Crippen molar-refractivity contribution in [1.29, 1.82) is 0 Å². The van der Waals surface area contributed by atoms with Crippen LogP contribution < -0.4 is 20.1 Å². The van der Waals surface area contributed by atoms with Crippen LogP contribution >= 0.6 is 35.4 Å². The van der Waals surface area contributed by atoms with Crippen LogP contribution in [0.15, 0.2) is 36.4 Å². The van der Waals surface area contributed by atoms with E-state index < -0.39 is 0 Å². The molecule has 0 spiro atoms. The maximum atomic E-state index is 6.13. The first-order chi connectivity index (χ1) is 12.0. The summed E-state index contributed by atoms with van der Waals surface area (Å²) >= 11 is 17.3. The Kier molecular flexibility index (Phi) is 7.62. The number of nitrogens with one attached hydrogen (secondary N) is 2. The van der Waals surface area contributed by atoms with Crippen LogP contribution in [-0.4, -0.2) is 18.3 Å². The van der Waals surface area contributed by atoms with Crippen molar-refractivity contribution in [2.24, 2.45) is 0 Å². The fourth-order valence-electron chi connectivity index (χ4n) is 2.15. The molecule has 0 radical (unpaired) electrons. The molecule has 0 bridgehead atoms. The highest BCUT2D eigenvalue weighted by Crippen LogP contribution is 2.28. The number of thiocarbonyl (C=S) groups is 1. The molecular formula is C18H20Cl2N2O2S. The van der Waals surface area contributed by atoms with Crippen molar-refractivity contribution in [1.82, 2.24) is 5.32 Å². The van der Waals surface area contributed by atoms with Gasteiger partial charge in [0.15, 0.2) is 16.6 Å². The zero-order chi connectivity index (χ0) is 18.2. The van der Waals surface area contributed by atoms with E-state index in [0.29, 0.717) is 40.6 Å². The summed E-state index contributed by atoms with van der Waals surface area (Å²) in [4.78, 5) is 0. The minimum Gasteiger partial charge on any atom is -0.490 e. The van der Waals surface area contributed by atoms with Gasteiger partial charge in [-0.1, -0.05) is 29.3 Å². The summed E-state index contributed by atoms with van der Waals surface area (Å²) in [5, 5.41) is 7.75. The van der Waals surface area contributed by atoms with Crippen LogP contribution in [0.1, 0.15) is 19.4 Å². The van der Waals surface area contributed by atoms with Gasteiger partial charge in [0, 0.05) is 11.6 Å².